The lowest BCUT2D eigenvalue weighted by Gasteiger charge is -2.25. The molecule has 1 aliphatic heterocycles. The number of likely N-dealkylation sites (tertiary alicyclic amines) is 1. The second kappa shape index (κ2) is 6.81. The summed E-state index contributed by atoms with van der Waals surface area (Å²) >= 11 is 6.42. The Kier molecular flexibility index (Phi) is 4.76. The van der Waals surface area contributed by atoms with Crippen LogP contribution < -0.4 is 4.74 Å². The average molecular weight is 349 g/mol. The van der Waals surface area contributed by atoms with E-state index in [1.54, 1.807) is 23.0 Å². The Morgan fingerprint density at radius 1 is 1.50 bits per heavy atom. The molecule has 0 bridgehead atoms. The van der Waals surface area contributed by atoms with Crippen molar-refractivity contribution in [1.82, 2.24) is 19.7 Å². The molecule has 1 atom stereocenters. The fourth-order valence-corrected chi connectivity index (χ4v) is 3.60. The summed E-state index contributed by atoms with van der Waals surface area (Å²) < 4.78 is 7.16. The Hall–Kier alpha value is -2.08. The lowest BCUT2D eigenvalue weighted by molar-refractivity contribution is 0.0730. The van der Waals surface area contributed by atoms with Gasteiger partial charge in [0.2, 0.25) is 5.88 Å². The van der Waals surface area contributed by atoms with Crippen molar-refractivity contribution >= 4 is 17.5 Å². The van der Waals surface area contributed by atoms with Crippen molar-refractivity contribution in [3.63, 3.8) is 0 Å². The van der Waals surface area contributed by atoms with E-state index >= 15 is 0 Å². The van der Waals surface area contributed by atoms with E-state index in [1.807, 2.05) is 25.8 Å². The molecule has 6 nitrogen and oxygen atoms in total. The first-order valence-electron chi connectivity index (χ1n) is 8.12. The molecule has 7 heteroatoms. The molecule has 1 amide bonds. The van der Waals surface area contributed by atoms with Gasteiger partial charge in [0, 0.05) is 25.4 Å². The Labute approximate surface area is 146 Å². The number of hydrogen-bond acceptors (Lipinski definition) is 4. The van der Waals surface area contributed by atoms with Gasteiger partial charge in [0.25, 0.3) is 5.91 Å². The molecular formula is C17H21ClN4O2. The number of aromatic nitrogens is 3. The normalized spacial score (nSPS) is 17.3. The maximum Gasteiger partial charge on any atom is 0.259 e. The summed E-state index contributed by atoms with van der Waals surface area (Å²) in [6.45, 7) is 4.96. The zero-order valence-corrected chi connectivity index (χ0v) is 14.9. The van der Waals surface area contributed by atoms with Crippen molar-refractivity contribution in [3.8, 4) is 5.88 Å². The predicted molar refractivity (Wildman–Crippen MR) is 91.4 cm³/mol. The van der Waals surface area contributed by atoms with Crippen LogP contribution in [0.4, 0.5) is 0 Å². The third-order valence-corrected chi connectivity index (χ3v) is 4.77. The summed E-state index contributed by atoms with van der Waals surface area (Å²) in [6, 6.07) is 3.45. The van der Waals surface area contributed by atoms with Crippen molar-refractivity contribution in [3.05, 3.63) is 40.3 Å². The van der Waals surface area contributed by atoms with Crippen LogP contribution >= 0.6 is 11.6 Å². The first-order chi connectivity index (χ1) is 11.5. The van der Waals surface area contributed by atoms with Gasteiger partial charge in [0.05, 0.1) is 18.3 Å². The number of aryl methyl sites for hydroxylation is 2. The molecular weight excluding hydrogens is 328 g/mol. The highest BCUT2D eigenvalue weighted by molar-refractivity contribution is 6.30. The second-order valence-corrected chi connectivity index (χ2v) is 6.22. The number of hydrogen-bond donors (Lipinski definition) is 0. The number of nitrogens with zero attached hydrogens (tertiary/aromatic N) is 4. The number of amides is 1. The summed E-state index contributed by atoms with van der Waals surface area (Å²) in [5, 5.41) is 4.97. The van der Waals surface area contributed by atoms with Crippen LogP contribution in [0.25, 0.3) is 0 Å². The molecule has 1 saturated heterocycles. The Morgan fingerprint density at radius 2 is 2.29 bits per heavy atom. The Bertz CT molecular complexity index is 759. The van der Waals surface area contributed by atoms with Gasteiger partial charge in [-0.05, 0) is 38.8 Å². The van der Waals surface area contributed by atoms with Crippen LogP contribution in [-0.2, 0) is 7.05 Å². The first kappa shape index (κ1) is 16.8. The molecule has 3 rings (SSSR count). The number of halogens is 1. The molecule has 0 spiro atoms. The van der Waals surface area contributed by atoms with E-state index in [2.05, 4.69) is 10.1 Å². The second-order valence-electron chi connectivity index (χ2n) is 5.86. The molecule has 128 valence electrons. The fraction of sp³-hybridized carbons (Fsp3) is 0.471. The summed E-state index contributed by atoms with van der Waals surface area (Å²) in [5.74, 6) is 0.304. The minimum absolute atomic E-state index is 0.0617. The van der Waals surface area contributed by atoms with Gasteiger partial charge in [0.1, 0.15) is 10.7 Å². The van der Waals surface area contributed by atoms with Crippen molar-refractivity contribution < 1.29 is 9.53 Å². The minimum atomic E-state index is -0.0756. The van der Waals surface area contributed by atoms with Gasteiger partial charge in [-0.15, -0.1) is 0 Å². The van der Waals surface area contributed by atoms with E-state index in [-0.39, 0.29) is 11.9 Å². The smallest absolute Gasteiger partial charge is 0.259 e. The van der Waals surface area contributed by atoms with Crippen LogP contribution in [0.5, 0.6) is 5.88 Å². The van der Waals surface area contributed by atoms with E-state index < -0.39 is 0 Å². The molecule has 0 unspecified atom stereocenters. The molecule has 0 saturated carbocycles. The zero-order chi connectivity index (χ0) is 17.3. The van der Waals surface area contributed by atoms with E-state index in [4.69, 9.17) is 16.3 Å². The van der Waals surface area contributed by atoms with Gasteiger partial charge in [-0.25, -0.2) is 4.98 Å². The number of carbonyl (C=O) groups is 1. The first-order valence-corrected chi connectivity index (χ1v) is 8.50. The summed E-state index contributed by atoms with van der Waals surface area (Å²) in [5.41, 5.74) is 2.29. The quantitative estimate of drug-likeness (QED) is 0.851. The lowest BCUT2D eigenvalue weighted by Crippen LogP contribution is -2.31. The third kappa shape index (κ3) is 2.86. The van der Waals surface area contributed by atoms with Gasteiger partial charge in [-0.3, -0.25) is 9.48 Å². The molecule has 1 aliphatic rings. The van der Waals surface area contributed by atoms with Crippen molar-refractivity contribution in [1.29, 1.82) is 0 Å². The standard InChI is InChI=1S/C17H21ClN4O2/c1-4-24-16-12(7-5-9-19-16)17(23)22-10-6-8-13(22)14-11(2)20-21(3)15(14)18/h5,7,9,13H,4,6,8,10H2,1-3H3/t13-/m0/s1. The molecule has 24 heavy (non-hydrogen) atoms. The van der Waals surface area contributed by atoms with Crippen LogP contribution in [0.1, 0.15) is 47.4 Å². The number of ether oxygens (including phenoxy) is 1. The van der Waals surface area contributed by atoms with E-state index in [0.29, 0.717) is 29.7 Å². The average Bonchev–Trinajstić information content (AvgIpc) is 3.12. The van der Waals surface area contributed by atoms with Crippen molar-refractivity contribution in [2.45, 2.75) is 32.7 Å². The van der Waals surface area contributed by atoms with Gasteiger partial charge in [0.15, 0.2) is 0 Å². The fourth-order valence-electron chi connectivity index (χ4n) is 3.29. The molecule has 2 aromatic rings. The number of pyridine rings is 1. The Balaban J connectivity index is 1.95. The topological polar surface area (TPSA) is 60.2 Å². The highest BCUT2D eigenvalue weighted by atomic mass is 35.5. The lowest BCUT2D eigenvalue weighted by atomic mass is 10.1. The van der Waals surface area contributed by atoms with E-state index in [1.165, 1.54) is 0 Å². The largest absolute Gasteiger partial charge is 0.477 e. The molecule has 2 aromatic heterocycles. The third-order valence-electron chi connectivity index (χ3n) is 4.33. The van der Waals surface area contributed by atoms with Gasteiger partial charge < -0.3 is 9.64 Å². The van der Waals surface area contributed by atoms with Crippen LogP contribution in [-0.4, -0.2) is 38.7 Å². The van der Waals surface area contributed by atoms with Crippen LogP contribution in [0, 0.1) is 6.92 Å². The van der Waals surface area contributed by atoms with Gasteiger partial charge in [-0.1, -0.05) is 11.6 Å². The summed E-state index contributed by atoms with van der Waals surface area (Å²) in [4.78, 5) is 19.1. The van der Waals surface area contributed by atoms with Crippen molar-refractivity contribution in [2.24, 2.45) is 7.05 Å². The minimum Gasteiger partial charge on any atom is -0.477 e. The molecule has 0 N–H and O–H groups in total. The highest BCUT2D eigenvalue weighted by Gasteiger charge is 2.35. The SMILES string of the molecule is CCOc1ncccc1C(=O)N1CCC[C@H]1c1c(C)nn(C)c1Cl. The Morgan fingerprint density at radius 3 is 2.96 bits per heavy atom. The maximum absolute atomic E-state index is 13.1. The monoisotopic (exact) mass is 348 g/mol. The number of carbonyl (C=O) groups excluding carboxylic acids is 1. The van der Waals surface area contributed by atoms with Gasteiger partial charge in [-0.2, -0.15) is 5.10 Å². The molecule has 0 radical (unpaired) electrons. The molecule has 3 heterocycles. The number of rotatable bonds is 4. The molecule has 0 aliphatic carbocycles. The molecule has 1 fully saturated rings. The maximum atomic E-state index is 13.1. The molecule has 0 aromatic carbocycles. The van der Waals surface area contributed by atoms with E-state index in [0.717, 1.165) is 24.1 Å². The van der Waals surface area contributed by atoms with Crippen LogP contribution in [0.15, 0.2) is 18.3 Å². The van der Waals surface area contributed by atoms with Crippen LogP contribution in [0.2, 0.25) is 5.15 Å². The highest BCUT2D eigenvalue weighted by Crippen LogP contribution is 2.38. The van der Waals surface area contributed by atoms with Crippen LogP contribution in [0.3, 0.4) is 0 Å². The predicted octanol–water partition coefficient (Wildman–Crippen LogP) is 3.15. The summed E-state index contributed by atoms with van der Waals surface area (Å²) in [6.07, 6.45) is 3.44. The van der Waals surface area contributed by atoms with E-state index in [9.17, 15) is 4.79 Å². The van der Waals surface area contributed by atoms with Crippen molar-refractivity contribution in [2.75, 3.05) is 13.2 Å². The zero-order valence-electron chi connectivity index (χ0n) is 14.1. The summed E-state index contributed by atoms with van der Waals surface area (Å²) in [7, 11) is 1.81. The van der Waals surface area contributed by atoms with Gasteiger partial charge >= 0.3 is 0 Å².